The van der Waals surface area contributed by atoms with Gasteiger partial charge in [0.1, 0.15) is 18.0 Å². The lowest BCUT2D eigenvalue weighted by molar-refractivity contribution is 0.620. The number of hydrogen-bond acceptors (Lipinski definition) is 4. The maximum atomic E-state index is 13.2. The van der Waals surface area contributed by atoms with E-state index in [0.717, 1.165) is 29.0 Å². The Morgan fingerprint density at radius 2 is 2.20 bits per heavy atom. The molecule has 0 aliphatic heterocycles. The second-order valence-corrected chi connectivity index (χ2v) is 4.42. The van der Waals surface area contributed by atoms with Crippen molar-refractivity contribution in [3.8, 4) is 0 Å². The summed E-state index contributed by atoms with van der Waals surface area (Å²) in [5.74, 6) is 0.518. The van der Waals surface area contributed by atoms with Crippen LogP contribution in [-0.4, -0.2) is 26.3 Å². The van der Waals surface area contributed by atoms with Crippen LogP contribution in [-0.2, 0) is 6.54 Å². The van der Waals surface area contributed by atoms with E-state index in [1.807, 2.05) is 13.0 Å². The summed E-state index contributed by atoms with van der Waals surface area (Å²) in [6, 6.07) is 6.48. The minimum absolute atomic E-state index is 0.248. The fraction of sp³-hybridized carbons (Fsp3) is 0.214. The number of aromatic nitrogens is 4. The van der Waals surface area contributed by atoms with Crippen LogP contribution in [0.5, 0.6) is 0 Å². The summed E-state index contributed by atoms with van der Waals surface area (Å²) < 4.78 is 15.0. The van der Waals surface area contributed by atoms with Crippen molar-refractivity contribution in [2.45, 2.75) is 13.5 Å². The van der Waals surface area contributed by atoms with Crippen molar-refractivity contribution >= 4 is 16.9 Å². The first-order valence-electron chi connectivity index (χ1n) is 6.42. The average Bonchev–Trinajstić information content (AvgIpc) is 2.84. The van der Waals surface area contributed by atoms with Crippen LogP contribution in [0.2, 0.25) is 0 Å². The molecule has 0 bridgehead atoms. The molecule has 0 saturated heterocycles. The van der Waals surface area contributed by atoms with Gasteiger partial charge in [0, 0.05) is 6.54 Å². The highest BCUT2D eigenvalue weighted by atomic mass is 19.1. The third-order valence-electron chi connectivity index (χ3n) is 3.00. The van der Waals surface area contributed by atoms with E-state index in [-0.39, 0.29) is 5.82 Å². The maximum absolute atomic E-state index is 13.2. The van der Waals surface area contributed by atoms with E-state index in [2.05, 4.69) is 20.4 Å². The van der Waals surface area contributed by atoms with Gasteiger partial charge in [-0.1, -0.05) is 12.1 Å². The molecule has 2 heterocycles. The smallest absolute Gasteiger partial charge is 0.163 e. The molecule has 102 valence electrons. The van der Waals surface area contributed by atoms with Crippen LogP contribution < -0.4 is 5.32 Å². The van der Waals surface area contributed by atoms with Crippen molar-refractivity contribution in [1.82, 2.24) is 19.7 Å². The third kappa shape index (κ3) is 2.32. The van der Waals surface area contributed by atoms with Crippen molar-refractivity contribution in [2.75, 3.05) is 11.9 Å². The molecule has 1 N–H and O–H groups in total. The summed E-state index contributed by atoms with van der Waals surface area (Å²) in [7, 11) is 0. The van der Waals surface area contributed by atoms with Gasteiger partial charge in [0.2, 0.25) is 0 Å². The summed E-state index contributed by atoms with van der Waals surface area (Å²) in [6.45, 7) is 3.26. The summed E-state index contributed by atoms with van der Waals surface area (Å²) in [5.41, 5.74) is 1.58. The standard InChI is InChI=1S/C14H14FN5/c1-2-16-13-12-7-19-20(14(12)18-9-17-13)8-10-4-3-5-11(15)6-10/h3-7,9H,2,8H2,1H3,(H,16,17,18). The number of benzene rings is 1. The Balaban J connectivity index is 1.98. The molecular weight excluding hydrogens is 257 g/mol. The van der Waals surface area contributed by atoms with Crippen molar-refractivity contribution in [2.24, 2.45) is 0 Å². The van der Waals surface area contributed by atoms with E-state index in [1.54, 1.807) is 16.9 Å². The molecule has 0 aliphatic rings. The number of fused-ring (bicyclic) bond motifs is 1. The summed E-state index contributed by atoms with van der Waals surface area (Å²) in [6.07, 6.45) is 3.23. The van der Waals surface area contributed by atoms with Crippen molar-refractivity contribution in [3.05, 3.63) is 48.2 Å². The van der Waals surface area contributed by atoms with Crippen LogP contribution in [0.3, 0.4) is 0 Å². The number of halogens is 1. The van der Waals surface area contributed by atoms with Crippen molar-refractivity contribution in [3.63, 3.8) is 0 Å². The van der Waals surface area contributed by atoms with Gasteiger partial charge in [-0.15, -0.1) is 0 Å². The van der Waals surface area contributed by atoms with Gasteiger partial charge in [0.25, 0.3) is 0 Å². The molecule has 1 aromatic carbocycles. The molecule has 3 rings (SSSR count). The van der Waals surface area contributed by atoms with E-state index >= 15 is 0 Å². The molecule has 0 fully saturated rings. The topological polar surface area (TPSA) is 55.6 Å². The number of anilines is 1. The zero-order chi connectivity index (χ0) is 13.9. The molecule has 0 amide bonds. The van der Waals surface area contributed by atoms with E-state index in [1.165, 1.54) is 18.5 Å². The monoisotopic (exact) mass is 271 g/mol. The van der Waals surface area contributed by atoms with Crippen LogP contribution in [0, 0.1) is 5.82 Å². The Morgan fingerprint density at radius 1 is 1.30 bits per heavy atom. The van der Waals surface area contributed by atoms with Crippen LogP contribution in [0.4, 0.5) is 10.2 Å². The minimum atomic E-state index is -0.248. The molecule has 6 heteroatoms. The van der Waals surface area contributed by atoms with Crippen LogP contribution in [0.1, 0.15) is 12.5 Å². The lowest BCUT2D eigenvalue weighted by Crippen LogP contribution is -2.04. The van der Waals surface area contributed by atoms with Gasteiger partial charge in [-0.05, 0) is 24.6 Å². The predicted octanol–water partition coefficient (Wildman–Crippen LogP) is 2.45. The van der Waals surface area contributed by atoms with Gasteiger partial charge in [0.15, 0.2) is 5.65 Å². The molecule has 0 radical (unpaired) electrons. The summed E-state index contributed by atoms with van der Waals surface area (Å²) >= 11 is 0. The Morgan fingerprint density at radius 3 is 3.00 bits per heavy atom. The quantitative estimate of drug-likeness (QED) is 0.792. The average molecular weight is 271 g/mol. The Bertz CT molecular complexity index is 737. The molecule has 0 aliphatic carbocycles. The Labute approximate surface area is 115 Å². The minimum Gasteiger partial charge on any atom is -0.370 e. The molecule has 2 aromatic heterocycles. The number of rotatable bonds is 4. The molecule has 0 atom stereocenters. The summed E-state index contributed by atoms with van der Waals surface area (Å²) in [4.78, 5) is 8.45. The first-order valence-corrected chi connectivity index (χ1v) is 6.42. The van der Waals surface area contributed by atoms with Crippen LogP contribution in [0.15, 0.2) is 36.8 Å². The third-order valence-corrected chi connectivity index (χ3v) is 3.00. The van der Waals surface area contributed by atoms with Gasteiger partial charge in [-0.25, -0.2) is 19.0 Å². The highest BCUT2D eigenvalue weighted by Crippen LogP contribution is 2.19. The number of hydrogen-bond donors (Lipinski definition) is 1. The molecule has 20 heavy (non-hydrogen) atoms. The van der Waals surface area contributed by atoms with Gasteiger partial charge < -0.3 is 5.32 Å². The lowest BCUT2D eigenvalue weighted by atomic mass is 10.2. The van der Waals surface area contributed by atoms with Crippen LogP contribution in [0.25, 0.3) is 11.0 Å². The predicted molar refractivity (Wildman–Crippen MR) is 75.0 cm³/mol. The van der Waals surface area contributed by atoms with E-state index < -0.39 is 0 Å². The van der Waals surface area contributed by atoms with E-state index in [4.69, 9.17) is 0 Å². The molecule has 0 saturated carbocycles. The van der Waals surface area contributed by atoms with Gasteiger partial charge in [0.05, 0.1) is 18.1 Å². The Hall–Kier alpha value is -2.50. The second kappa shape index (κ2) is 5.24. The van der Waals surface area contributed by atoms with E-state index in [0.29, 0.717) is 6.54 Å². The molecule has 5 nitrogen and oxygen atoms in total. The second-order valence-electron chi connectivity index (χ2n) is 4.42. The Kier molecular flexibility index (Phi) is 3.28. The SMILES string of the molecule is CCNc1ncnc2c1cnn2Cc1cccc(F)c1. The first-order chi connectivity index (χ1) is 9.78. The molecule has 0 spiro atoms. The summed E-state index contributed by atoms with van der Waals surface area (Å²) in [5, 5.41) is 8.35. The lowest BCUT2D eigenvalue weighted by Gasteiger charge is -2.05. The van der Waals surface area contributed by atoms with Gasteiger partial charge in [-0.3, -0.25) is 0 Å². The van der Waals surface area contributed by atoms with Crippen LogP contribution >= 0.6 is 0 Å². The highest BCUT2D eigenvalue weighted by molar-refractivity contribution is 5.86. The zero-order valence-corrected chi connectivity index (χ0v) is 11.0. The van der Waals surface area contributed by atoms with E-state index in [9.17, 15) is 4.39 Å². The molecule has 3 aromatic rings. The van der Waals surface area contributed by atoms with Gasteiger partial charge >= 0.3 is 0 Å². The highest BCUT2D eigenvalue weighted by Gasteiger charge is 2.09. The molecular formula is C14H14FN5. The van der Waals surface area contributed by atoms with Gasteiger partial charge in [-0.2, -0.15) is 5.10 Å². The van der Waals surface area contributed by atoms with Crippen molar-refractivity contribution in [1.29, 1.82) is 0 Å². The van der Waals surface area contributed by atoms with Crippen molar-refractivity contribution < 1.29 is 4.39 Å². The largest absolute Gasteiger partial charge is 0.370 e. The number of nitrogens with zero attached hydrogens (tertiary/aromatic N) is 4. The molecule has 0 unspecified atom stereocenters. The number of nitrogens with one attached hydrogen (secondary N) is 1. The fourth-order valence-electron chi connectivity index (χ4n) is 2.13. The normalized spacial score (nSPS) is 10.9. The first kappa shape index (κ1) is 12.5. The fourth-order valence-corrected chi connectivity index (χ4v) is 2.13. The zero-order valence-electron chi connectivity index (χ0n) is 11.0. The maximum Gasteiger partial charge on any atom is 0.163 e.